The average Bonchev–Trinajstić information content (AvgIpc) is 2.19. The highest BCUT2D eigenvalue weighted by Gasteiger charge is 2.24. The summed E-state index contributed by atoms with van der Waals surface area (Å²) in [5.74, 6) is 1.42. The van der Waals surface area contributed by atoms with Crippen LogP contribution in [0.4, 0.5) is 0 Å². The molecule has 0 saturated carbocycles. The Morgan fingerprint density at radius 3 is 1.94 bits per heavy atom. The van der Waals surface area contributed by atoms with Crippen molar-refractivity contribution in [2.45, 2.75) is 67.3 Å². The third-order valence-corrected chi connectivity index (χ3v) is 3.45. The molecule has 0 aliphatic heterocycles. The van der Waals surface area contributed by atoms with Gasteiger partial charge in [-0.3, -0.25) is 0 Å². The molecule has 2 nitrogen and oxygen atoms in total. The second-order valence-corrected chi connectivity index (χ2v) is 7.21. The first-order valence-electron chi connectivity index (χ1n) is 7.54. The van der Waals surface area contributed by atoms with Crippen molar-refractivity contribution in [3.63, 3.8) is 0 Å². The minimum absolute atomic E-state index is 0.350. The Morgan fingerprint density at radius 1 is 0.944 bits per heavy atom. The fraction of sp³-hybridized carbons (Fsp3) is 1.00. The molecule has 18 heavy (non-hydrogen) atoms. The van der Waals surface area contributed by atoms with Crippen molar-refractivity contribution in [2.75, 3.05) is 19.8 Å². The molecule has 0 aromatic rings. The lowest BCUT2D eigenvalue weighted by Crippen LogP contribution is -2.35. The van der Waals surface area contributed by atoms with Crippen molar-refractivity contribution >= 4 is 0 Å². The Balaban J connectivity index is 3.88. The topological polar surface area (TPSA) is 21.3 Å². The molecule has 110 valence electrons. The molecule has 1 unspecified atom stereocenters. The van der Waals surface area contributed by atoms with Crippen molar-refractivity contribution in [1.29, 1.82) is 0 Å². The minimum atomic E-state index is 0.350. The first-order valence-corrected chi connectivity index (χ1v) is 7.54. The molecule has 0 saturated heterocycles. The normalized spacial score (nSPS) is 14.5. The van der Waals surface area contributed by atoms with Crippen LogP contribution >= 0.6 is 0 Å². The van der Waals surface area contributed by atoms with Gasteiger partial charge in [0.2, 0.25) is 0 Å². The standard InChI is InChI=1S/C16H35NO/c1-13(2)8-10-18-11-9-15(16(5,6)7)12-17-14(3)4/h13-15,17H,8-12H2,1-7H3. The smallest absolute Gasteiger partial charge is 0.0469 e. The summed E-state index contributed by atoms with van der Waals surface area (Å²) in [7, 11) is 0. The monoisotopic (exact) mass is 257 g/mol. The van der Waals surface area contributed by atoms with E-state index in [1.807, 2.05) is 0 Å². The first-order chi connectivity index (χ1) is 8.23. The summed E-state index contributed by atoms with van der Waals surface area (Å²) in [6.07, 6.45) is 2.33. The van der Waals surface area contributed by atoms with Crippen LogP contribution in [-0.2, 0) is 4.74 Å². The lowest BCUT2D eigenvalue weighted by Gasteiger charge is -2.31. The van der Waals surface area contributed by atoms with Crippen LogP contribution in [0.5, 0.6) is 0 Å². The van der Waals surface area contributed by atoms with E-state index in [1.165, 1.54) is 6.42 Å². The maximum absolute atomic E-state index is 5.75. The SMILES string of the molecule is CC(C)CCOCCC(CNC(C)C)C(C)(C)C. The van der Waals surface area contributed by atoms with E-state index in [4.69, 9.17) is 4.74 Å². The van der Waals surface area contributed by atoms with Gasteiger partial charge in [0.25, 0.3) is 0 Å². The van der Waals surface area contributed by atoms with Crippen LogP contribution in [0.25, 0.3) is 0 Å². The highest BCUT2D eigenvalue weighted by molar-refractivity contribution is 4.76. The number of rotatable bonds is 9. The molecule has 0 radical (unpaired) electrons. The van der Waals surface area contributed by atoms with Crippen LogP contribution in [0.3, 0.4) is 0 Å². The van der Waals surface area contributed by atoms with Gasteiger partial charge in [-0.05, 0) is 36.6 Å². The predicted molar refractivity (Wildman–Crippen MR) is 81.0 cm³/mol. The first kappa shape index (κ1) is 17.9. The zero-order valence-electron chi connectivity index (χ0n) is 13.7. The van der Waals surface area contributed by atoms with Gasteiger partial charge in [0.05, 0.1) is 0 Å². The van der Waals surface area contributed by atoms with Crippen molar-refractivity contribution < 1.29 is 4.74 Å². The van der Waals surface area contributed by atoms with Crippen LogP contribution < -0.4 is 5.32 Å². The lowest BCUT2D eigenvalue weighted by atomic mass is 9.79. The summed E-state index contributed by atoms with van der Waals surface area (Å²) in [5, 5.41) is 3.56. The van der Waals surface area contributed by atoms with E-state index in [2.05, 4.69) is 53.8 Å². The molecule has 0 rings (SSSR count). The number of nitrogens with one attached hydrogen (secondary N) is 1. The Kier molecular flexibility index (Phi) is 8.89. The molecule has 0 aromatic heterocycles. The largest absolute Gasteiger partial charge is 0.381 e. The highest BCUT2D eigenvalue weighted by Crippen LogP contribution is 2.28. The van der Waals surface area contributed by atoms with Gasteiger partial charge in [-0.1, -0.05) is 48.5 Å². The quantitative estimate of drug-likeness (QED) is 0.628. The zero-order chi connectivity index (χ0) is 14.2. The molecule has 0 spiro atoms. The summed E-state index contributed by atoms with van der Waals surface area (Å²) in [5.41, 5.74) is 0.350. The van der Waals surface area contributed by atoms with Crippen LogP contribution in [0.1, 0.15) is 61.3 Å². The third-order valence-electron chi connectivity index (χ3n) is 3.45. The Morgan fingerprint density at radius 2 is 1.50 bits per heavy atom. The van der Waals surface area contributed by atoms with E-state index in [1.54, 1.807) is 0 Å². The van der Waals surface area contributed by atoms with Gasteiger partial charge in [0, 0.05) is 19.3 Å². The molecule has 0 aliphatic rings. The van der Waals surface area contributed by atoms with E-state index >= 15 is 0 Å². The summed E-state index contributed by atoms with van der Waals surface area (Å²) >= 11 is 0. The van der Waals surface area contributed by atoms with E-state index in [-0.39, 0.29) is 0 Å². The second kappa shape index (κ2) is 8.92. The fourth-order valence-electron chi connectivity index (χ4n) is 1.87. The summed E-state index contributed by atoms with van der Waals surface area (Å²) in [6.45, 7) is 18.8. The minimum Gasteiger partial charge on any atom is -0.381 e. The molecule has 0 bridgehead atoms. The second-order valence-electron chi connectivity index (χ2n) is 7.21. The predicted octanol–water partition coefficient (Wildman–Crippen LogP) is 4.10. The van der Waals surface area contributed by atoms with Gasteiger partial charge < -0.3 is 10.1 Å². The summed E-state index contributed by atoms with van der Waals surface area (Å²) < 4.78 is 5.75. The van der Waals surface area contributed by atoms with Crippen molar-refractivity contribution in [1.82, 2.24) is 5.32 Å². The Labute approximate surface area is 115 Å². The number of hydrogen-bond acceptors (Lipinski definition) is 2. The van der Waals surface area contributed by atoms with Gasteiger partial charge in [-0.25, -0.2) is 0 Å². The van der Waals surface area contributed by atoms with Crippen LogP contribution in [0.15, 0.2) is 0 Å². The third kappa shape index (κ3) is 9.90. The van der Waals surface area contributed by atoms with Gasteiger partial charge in [-0.2, -0.15) is 0 Å². The lowest BCUT2D eigenvalue weighted by molar-refractivity contribution is 0.0891. The highest BCUT2D eigenvalue weighted by atomic mass is 16.5. The van der Waals surface area contributed by atoms with E-state index in [9.17, 15) is 0 Å². The van der Waals surface area contributed by atoms with E-state index < -0.39 is 0 Å². The van der Waals surface area contributed by atoms with Gasteiger partial charge in [0.15, 0.2) is 0 Å². The van der Waals surface area contributed by atoms with Crippen molar-refractivity contribution in [3.8, 4) is 0 Å². The maximum atomic E-state index is 5.75. The molecule has 0 aromatic carbocycles. The van der Waals surface area contributed by atoms with Crippen molar-refractivity contribution in [2.24, 2.45) is 17.3 Å². The average molecular weight is 257 g/mol. The van der Waals surface area contributed by atoms with Gasteiger partial charge in [0.1, 0.15) is 0 Å². The summed E-state index contributed by atoms with van der Waals surface area (Å²) in [6, 6.07) is 0.566. The van der Waals surface area contributed by atoms with Gasteiger partial charge in [-0.15, -0.1) is 0 Å². The molecule has 0 fully saturated rings. The van der Waals surface area contributed by atoms with Crippen LogP contribution in [0, 0.1) is 17.3 Å². The molecule has 0 heterocycles. The molecular weight excluding hydrogens is 222 g/mol. The van der Waals surface area contributed by atoms with Crippen LogP contribution in [0.2, 0.25) is 0 Å². The maximum Gasteiger partial charge on any atom is 0.0469 e. The Hall–Kier alpha value is -0.0800. The zero-order valence-corrected chi connectivity index (χ0v) is 13.7. The summed E-state index contributed by atoms with van der Waals surface area (Å²) in [4.78, 5) is 0. The molecule has 2 heteroatoms. The molecule has 0 amide bonds. The van der Waals surface area contributed by atoms with Gasteiger partial charge >= 0.3 is 0 Å². The Bertz CT molecular complexity index is 194. The number of ether oxygens (including phenoxy) is 1. The fourth-order valence-corrected chi connectivity index (χ4v) is 1.87. The molecule has 1 atom stereocenters. The van der Waals surface area contributed by atoms with E-state index in [0.29, 0.717) is 17.4 Å². The number of hydrogen-bond donors (Lipinski definition) is 1. The van der Waals surface area contributed by atoms with Crippen molar-refractivity contribution in [3.05, 3.63) is 0 Å². The van der Waals surface area contributed by atoms with E-state index in [0.717, 1.165) is 32.1 Å². The van der Waals surface area contributed by atoms with Crippen LogP contribution in [-0.4, -0.2) is 25.8 Å². The molecule has 1 N–H and O–H groups in total. The molecule has 0 aliphatic carbocycles. The molecular formula is C16H35NO.